The van der Waals surface area contributed by atoms with Crippen LogP contribution in [0.15, 0.2) is 24.3 Å². The normalized spacial score (nSPS) is 15.6. The van der Waals surface area contributed by atoms with E-state index in [9.17, 15) is 0 Å². The molecule has 2 aromatic rings. The third kappa shape index (κ3) is 3.14. The molecule has 1 aromatic heterocycles. The van der Waals surface area contributed by atoms with E-state index >= 15 is 0 Å². The van der Waals surface area contributed by atoms with Crippen LogP contribution >= 0.6 is 34.5 Å². The van der Waals surface area contributed by atoms with Crippen molar-refractivity contribution < 1.29 is 9.47 Å². The molecule has 0 aliphatic carbocycles. The molecule has 0 bridgehead atoms. The highest BCUT2D eigenvalue weighted by Crippen LogP contribution is 2.40. The zero-order valence-electron chi connectivity index (χ0n) is 11.5. The summed E-state index contributed by atoms with van der Waals surface area (Å²) < 4.78 is 12.2. The number of rotatable bonds is 3. The van der Waals surface area contributed by atoms with Gasteiger partial charge >= 0.3 is 0 Å². The number of halogens is 2. The van der Waals surface area contributed by atoms with E-state index in [0.717, 1.165) is 26.9 Å². The van der Waals surface area contributed by atoms with Crippen molar-refractivity contribution in [3.05, 3.63) is 44.1 Å². The zero-order valence-corrected chi connectivity index (χ0v) is 13.8. The monoisotopic (exact) mass is 343 g/mol. The summed E-state index contributed by atoms with van der Waals surface area (Å²) in [6.45, 7) is 1.31. The Labute approximate surface area is 137 Å². The number of nitrogens with one attached hydrogen (secondary N) is 1. The highest BCUT2D eigenvalue weighted by Gasteiger charge is 2.21. The van der Waals surface area contributed by atoms with E-state index in [0.29, 0.717) is 24.0 Å². The minimum atomic E-state index is -0.0212. The SMILES string of the molecule is CNC(c1ccc(Cl)s1)c1cc2c(cc1Cl)OCCCO2. The average molecular weight is 344 g/mol. The summed E-state index contributed by atoms with van der Waals surface area (Å²) in [4.78, 5) is 1.11. The molecular weight excluding hydrogens is 329 g/mol. The molecule has 6 heteroatoms. The highest BCUT2D eigenvalue weighted by atomic mass is 35.5. The first-order valence-electron chi connectivity index (χ1n) is 6.70. The molecule has 0 fully saturated rings. The largest absolute Gasteiger partial charge is 0.490 e. The average Bonchev–Trinajstić information content (AvgIpc) is 2.76. The van der Waals surface area contributed by atoms with Crippen molar-refractivity contribution in [3.63, 3.8) is 0 Å². The third-order valence-electron chi connectivity index (χ3n) is 3.35. The summed E-state index contributed by atoms with van der Waals surface area (Å²) in [5.74, 6) is 1.45. The van der Waals surface area contributed by atoms with Gasteiger partial charge < -0.3 is 14.8 Å². The van der Waals surface area contributed by atoms with Crippen LogP contribution < -0.4 is 14.8 Å². The topological polar surface area (TPSA) is 30.5 Å². The van der Waals surface area contributed by atoms with Gasteiger partial charge in [0.05, 0.1) is 23.6 Å². The Morgan fingerprint density at radius 3 is 2.48 bits per heavy atom. The molecule has 0 amide bonds. The summed E-state index contributed by atoms with van der Waals surface area (Å²) in [5, 5.41) is 3.94. The van der Waals surface area contributed by atoms with Gasteiger partial charge in [-0.3, -0.25) is 0 Å². The zero-order chi connectivity index (χ0) is 14.8. The fourth-order valence-electron chi connectivity index (χ4n) is 2.36. The maximum atomic E-state index is 6.44. The smallest absolute Gasteiger partial charge is 0.162 e. The van der Waals surface area contributed by atoms with Gasteiger partial charge in [0.2, 0.25) is 0 Å². The van der Waals surface area contributed by atoms with Crippen LogP contribution in [0.2, 0.25) is 9.36 Å². The van der Waals surface area contributed by atoms with Crippen LogP contribution in [-0.4, -0.2) is 20.3 Å². The maximum Gasteiger partial charge on any atom is 0.162 e. The van der Waals surface area contributed by atoms with Crippen molar-refractivity contribution in [2.45, 2.75) is 12.5 Å². The number of hydrogen-bond acceptors (Lipinski definition) is 4. The van der Waals surface area contributed by atoms with Crippen molar-refractivity contribution in [2.75, 3.05) is 20.3 Å². The van der Waals surface area contributed by atoms with Gasteiger partial charge in [0.25, 0.3) is 0 Å². The number of thiophene rings is 1. The summed E-state index contributed by atoms with van der Waals surface area (Å²) in [6.07, 6.45) is 0.873. The number of fused-ring (bicyclic) bond motifs is 1. The molecule has 1 atom stereocenters. The predicted molar refractivity (Wildman–Crippen MR) is 87.3 cm³/mol. The van der Waals surface area contributed by atoms with Gasteiger partial charge in [0, 0.05) is 22.4 Å². The van der Waals surface area contributed by atoms with E-state index in [-0.39, 0.29) is 6.04 Å². The van der Waals surface area contributed by atoms with E-state index in [1.165, 1.54) is 11.3 Å². The Kier molecular flexibility index (Phi) is 4.60. The van der Waals surface area contributed by atoms with E-state index < -0.39 is 0 Å². The van der Waals surface area contributed by atoms with Crippen LogP contribution in [0.25, 0.3) is 0 Å². The molecule has 112 valence electrons. The summed E-state index contributed by atoms with van der Waals surface area (Å²) in [6, 6.07) is 7.66. The first-order chi connectivity index (χ1) is 10.2. The van der Waals surface area contributed by atoms with Crippen LogP contribution in [0.3, 0.4) is 0 Å². The highest BCUT2D eigenvalue weighted by molar-refractivity contribution is 7.16. The summed E-state index contributed by atoms with van der Waals surface area (Å²) in [7, 11) is 1.90. The Balaban J connectivity index is 2.02. The van der Waals surface area contributed by atoms with Gasteiger partial charge in [-0.1, -0.05) is 23.2 Å². The summed E-state index contributed by atoms with van der Waals surface area (Å²) >= 11 is 14.0. The molecule has 0 saturated heterocycles. The van der Waals surface area contributed by atoms with Gasteiger partial charge in [0.1, 0.15) is 0 Å². The summed E-state index contributed by atoms with van der Waals surface area (Å²) in [5.41, 5.74) is 0.960. The number of benzene rings is 1. The molecule has 2 heterocycles. The molecular formula is C15H15Cl2NO2S. The van der Waals surface area contributed by atoms with E-state index in [4.69, 9.17) is 32.7 Å². The quantitative estimate of drug-likeness (QED) is 0.888. The first kappa shape index (κ1) is 15.0. The van der Waals surface area contributed by atoms with Crippen molar-refractivity contribution in [1.29, 1.82) is 0 Å². The van der Waals surface area contributed by atoms with Gasteiger partial charge in [-0.2, -0.15) is 0 Å². The Morgan fingerprint density at radius 1 is 1.14 bits per heavy atom. The van der Waals surface area contributed by atoms with Crippen molar-refractivity contribution in [2.24, 2.45) is 0 Å². The third-order valence-corrected chi connectivity index (χ3v) is 4.97. The van der Waals surface area contributed by atoms with Crippen molar-refractivity contribution in [1.82, 2.24) is 5.32 Å². The van der Waals surface area contributed by atoms with E-state index in [2.05, 4.69) is 5.32 Å². The van der Waals surface area contributed by atoms with Crippen molar-refractivity contribution >= 4 is 34.5 Å². The molecule has 1 aromatic carbocycles. The van der Waals surface area contributed by atoms with Crippen LogP contribution in [0.4, 0.5) is 0 Å². The minimum absolute atomic E-state index is 0.0212. The lowest BCUT2D eigenvalue weighted by Gasteiger charge is -2.19. The molecule has 21 heavy (non-hydrogen) atoms. The van der Waals surface area contributed by atoms with Crippen LogP contribution in [0.1, 0.15) is 22.9 Å². The maximum absolute atomic E-state index is 6.44. The second kappa shape index (κ2) is 6.44. The lowest BCUT2D eigenvalue weighted by atomic mass is 10.0. The minimum Gasteiger partial charge on any atom is -0.490 e. The molecule has 1 unspecified atom stereocenters. The Bertz CT molecular complexity index is 645. The lowest BCUT2D eigenvalue weighted by molar-refractivity contribution is 0.297. The predicted octanol–water partition coefficient (Wildman–Crippen LogP) is 4.53. The van der Waals surface area contributed by atoms with Gasteiger partial charge in [-0.05, 0) is 30.8 Å². The molecule has 1 aliphatic rings. The standard InChI is InChI=1S/C15H15Cl2NO2S/c1-18-15(13-3-4-14(17)21-13)9-7-11-12(8-10(9)16)20-6-2-5-19-11/h3-4,7-8,15,18H,2,5-6H2,1H3. The number of ether oxygens (including phenoxy) is 2. The van der Waals surface area contributed by atoms with Gasteiger partial charge in [-0.15, -0.1) is 11.3 Å². The van der Waals surface area contributed by atoms with Crippen LogP contribution in [0.5, 0.6) is 11.5 Å². The fraction of sp³-hybridized carbons (Fsp3) is 0.333. The second-order valence-electron chi connectivity index (χ2n) is 4.73. The van der Waals surface area contributed by atoms with Gasteiger partial charge in [-0.25, -0.2) is 0 Å². The number of hydrogen-bond donors (Lipinski definition) is 1. The lowest BCUT2D eigenvalue weighted by Crippen LogP contribution is -2.17. The molecule has 3 nitrogen and oxygen atoms in total. The van der Waals surface area contributed by atoms with E-state index in [1.807, 2.05) is 31.3 Å². The fourth-order valence-corrected chi connectivity index (χ4v) is 3.81. The van der Waals surface area contributed by atoms with Crippen LogP contribution in [0, 0.1) is 0 Å². The molecule has 0 spiro atoms. The molecule has 1 aliphatic heterocycles. The molecule has 0 radical (unpaired) electrons. The van der Waals surface area contributed by atoms with Crippen LogP contribution in [-0.2, 0) is 0 Å². The molecule has 0 saturated carbocycles. The second-order valence-corrected chi connectivity index (χ2v) is 6.89. The Hall–Kier alpha value is -0.940. The van der Waals surface area contributed by atoms with Gasteiger partial charge in [0.15, 0.2) is 11.5 Å². The first-order valence-corrected chi connectivity index (χ1v) is 8.28. The molecule has 3 rings (SSSR count). The Morgan fingerprint density at radius 2 is 1.86 bits per heavy atom. The molecule has 1 N–H and O–H groups in total. The van der Waals surface area contributed by atoms with Crippen molar-refractivity contribution in [3.8, 4) is 11.5 Å². The van der Waals surface area contributed by atoms with E-state index in [1.54, 1.807) is 0 Å².